The van der Waals surface area contributed by atoms with E-state index in [0.29, 0.717) is 18.0 Å². The topological polar surface area (TPSA) is 68.3 Å². The highest BCUT2D eigenvalue weighted by Gasteiger charge is 2.24. The predicted molar refractivity (Wildman–Crippen MR) is 110 cm³/mol. The summed E-state index contributed by atoms with van der Waals surface area (Å²) in [7, 11) is 0. The quantitative estimate of drug-likeness (QED) is 0.759. The average Bonchev–Trinajstić information content (AvgIpc) is 3.06. The maximum Gasteiger partial charge on any atom is 0.250 e. The minimum absolute atomic E-state index is 0.0531. The van der Waals surface area contributed by atoms with Crippen molar-refractivity contribution in [2.45, 2.75) is 39.3 Å². The van der Waals surface area contributed by atoms with Crippen LogP contribution in [0.2, 0.25) is 0 Å². The van der Waals surface area contributed by atoms with Gasteiger partial charge in [0.25, 0.3) is 5.91 Å². The van der Waals surface area contributed by atoms with Crippen molar-refractivity contribution in [3.8, 4) is 0 Å². The lowest BCUT2D eigenvalue weighted by Crippen LogP contribution is -2.38. The van der Waals surface area contributed by atoms with Gasteiger partial charge < -0.3 is 15.2 Å². The van der Waals surface area contributed by atoms with Gasteiger partial charge in [0.05, 0.1) is 5.56 Å². The lowest BCUT2D eigenvalue weighted by atomic mass is 9.89. The second kappa shape index (κ2) is 7.15. The molecule has 1 aromatic heterocycles. The van der Waals surface area contributed by atoms with Crippen molar-refractivity contribution >= 4 is 22.7 Å². The monoisotopic (exact) mass is 375 g/mol. The molecule has 0 saturated carbocycles. The maximum atomic E-state index is 13.0. The van der Waals surface area contributed by atoms with Gasteiger partial charge in [-0.15, -0.1) is 0 Å². The van der Waals surface area contributed by atoms with E-state index in [-0.39, 0.29) is 12.5 Å². The number of hydrogen-bond donors (Lipinski definition) is 1. The SMILES string of the molecule is CC(C)c1cccc2c1CCN(C(=O)Cn1cc(C(N)=O)c3ccccc31)C2. The molecule has 0 spiro atoms. The van der Waals surface area contributed by atoms with Crippen LogP contribution in [0.1, 0.15) is 46.8 Å². The van der Waals surface area contributed by atoms with E-state index in [0.717, 1.165) is 23.9 Å². The summed E-state index contributed by atoms with van der Waals surface area (Å²) in [6, 6.07) is 13.9. The first-order chi connectivity index (χ1) is 13.5. The number of nitrogens with two attached hydrogens (primary N) is 1. The van der Waals surface area contributed by atoms with E-state index < -0.39 is 5.91 Å². The molecule has 0 saturated heterocycles. The number of amides is 2. The second-order valence-electron chi connectivity index (χ2n) is 7.76. The van der Waals surface area contributed by atoms with E-state index >= 15 is 0 Å². The summed E-state index contributed by atoms with van der Waals surface area (Å²) in [5, 5.41) is 0.786. The number of nitrogens with zero attached hydrogens (tertiary/aromatic N) is 2. The van der Waals surface area contributed by atoms with Crippen LogP contribution in [0.3, 0.4) is 0 Å². The van der Waals surface area contributed by atoms with Crippen LogP contribution in [0.25, 0.3) is 10.9 Å². The van der Waals surface area contributed by atoms with E-state index in [2.05, 4.69) is 32.0 Å². The fourth-order valence-corrected chi connectivity index (χ4v) is 4.21. The summed E-state index contributed by atoms with van der Waals surface area (Å²) in [5.74, 6) is 0.0588. The number of fused-ring (bicyclic) bond motifs is 2. The largest absolute Gasteiger partial charge is 0.366 e. The second-order valence-corrected chi connectivity index (χ2v) is 7.76. The highest BCUT2D eigenvalue weighted by Crippen LogP contribution is 2.28. The van der Waals surface area contributed by atoms with E-state index in [4.69, 9.17) is 5.73 Å². The van der Waals surface area contributed by atoms with Gasteiger partial charge in [0, 0.05) is 30.2 Å². The van der Waals surface area contributed by atoms with E-state index in [9.17, 15) is 9.59 Å². The van der Waals surface area contributed by atoms with E-state index in [1.807, 2.05) is 33.7 Å². The van der Waals surface area contributed by atoms with Gasteiger partial charge in [-0.05, 0) is 35.1 Å². The predicted octanol–water partition coefficient (Wildman–Crippen LogP) is 3.45. The molecule has 0 aliphatic carbocycles. The van der Waals surface area contributed by atoms with E-state index in [1.165, 1.54) is 16.7 Å². The Balaban J connectivity index is 1.58. The van der Waals surface area contributed by atoms with Crippen molar-refractivity contribution in [2.24, 2.45) is 5.73 Å². The molecule has 0 atom stereocenters. The van der Waals surface area contributed by atoms with Gasteiger partial charge >= 0.3 is 0 Å². The molecule has 2 heterocycles. The summed E-state index contributed by atoms with van der Waals surface area (Å²) >= 11 is 0. The van der Waals surface area contributed by atoms with Crippen LogP contribution in [0, 0.1) is 0 Å². The fraction of sp³-hybridized carbons (Fsp3) is 0.304. The van der Waals surface area contributed by atoms with Gasteiger partial charge in [-0.1, -0.05) is 50.2 Å². The molecule has 2 amide bonds. The van der Waals surface area contributed by atoms with Crippen LogP contribution in [-0.2, 0) is 24.3 Å². The third-order valence-electron chi connectivity index (χ3n) is 5.64. The average molecular weight is 375 g/mol. The third kappa shape index (κ3) is 3.17. The Morgan fingerprint density at radius 2 is 1.89 bits per heavy atom. The van der Waals surface area contributed by atoms with Gasteiger partial charge in [0.2, 0.25) is 5.91 Å². The number of aromatic nitrogens is 1. The Kier molecular flexibility index (Phi) is 4.67. The molecule has 4 rings (SSSR count). The highest BCUT2D eigenvalue weighted by atomic mass is 16.2. The molecule has 28 heavy (non-hydrogen) atoms. The Bertz CT molecular complexity index is 1060. The van der Waals surface area contributed by atoms with Gasteiger partial charge in [-0.3, -0.25) is 9.59 Å². The zero-order valence-corrected chi connectivity index (χ0v) is 16.3. The highest BCUT2D eigenvalue weighted by molar-refractivity contribution is 6.06. The number of hydrogen-bond acceptors (Lipinski definition) is 2. The molecule has 2 N–H and O–H groups in total. The lowest BCUT2D eigenvalue weighted by molar-refractivity contribution is -0.132. The Morgan fingerprint density at radius 3 is 2.64 bits per heavy atom. The fourth-order valence-electron chi connectivity index (χ4n) is 4.21. The van der Waals surface area contributed by atoms with Crippen molar-refractivity contribution < 1.29 is 9.59 Å². The molecule has 5 nitrogen and oxygen atoms in total. The molecule has 3 aromatic rings. The number of carbonyl (C=O) groups is 2. The molecule has 0 radical (unpaired) electrons. The Hall–Kier alpha value is -3.08. The first-order valence-corrected chi connectivity index (χ1v) is 9.72. The van der Waals surface area contributed by atoms with Crippen molar-refractivity contribution in [1.29, 1.82) is 0 Å². The number of rotatable bonds is 4. The van der Waals surface area contributed by atoms with Crippen LogP contribution in [0.15, 0.2) is 48.7 Å². The number of primary amides is 1. The minimum atomic E-state index is -0.476. The number of benzene rings is 2. The van der Waals surface area contributed by atoms with Crippen molar-refractivity contribution in [2.75, 3.05) is 6.54 Å². The minimum Gasteiger partial charge on any atom is -0.366 e. The summed E-state index contributed by atoms with van der Waals surface area (Å²) in [6.45, 7) is 5.97. The molecule has 5 heteroatoms. The number of para-hydroxylation sites is 1. The number of carbonyl (C=O) groups excluding carboxylic acids is 2. The van der Waals surface area contributed by atoms with Gasteiger partial charge in [-0.2, -0.15) is 0 Å². The first kappa shape index (κ1) is 18.3. The van der Waals surface area contributed by atoms with Crippen LogP contribution in [-0.4, -0.2) is 27.8 Å². The molecular formula is C23H25N3O2. The molecule has 0 bridgehead atoms. The third-order valence-corrected chi connectivity index (χ3v) is 5.64. The normalized spacial score (nSPS) is 13.8. The summed E-state index contributed by atoms with van der Waals surface area (Å²) in [5.41, 5.74) is 10.8. The smallest absolute Gasteiger partial charge is 0.250 e. The van der Waals surface area contributed by atoms with E-state index in [1.54, 1.807) is 6.20 Å². The maximum absolute atomic E-state index is 13.0. The molecule has 0 unspecified atom stereocenters. The standard InChI is InChI=1S/C23H25N3O2/c1-15(2)17-8-5-6-16-12-25(11-10-18(16)17)22(27)14-26-13-20(23(24)28)19-7-3-4-9-21(19)26/h3-9,13,15H,10-12,14H2,1-2H3,(H2,24,28). The van der Waals surface area contributed by atoms with Crippen molar-refractivity contribution in [3.63, 3.8) is 0 Å². The zero-order valence-electron chi connectivity index (χ0n) is 16.3. The Morgan fingerprint density at radius 1 is 1.11 bits per heavy atom. The first-order valence-electron chi connectivity index (χ1n) is 9.72. The van der Waals surface area contributed by atoms with Crippen LogP contribution in [0.5, 0.6) is 0 Å². The van der Waals surface area contributed by atoms with Gasteiger partial charge in [-0.25, -0.2) is 0 Å². The van der Waals surface area contributed by atoms with Crippen LogP contribution in [0.4, 0.5) is 0 Å². The van der Waals surface area contributed by atoms with Gasteiger partial charge in [0.1, 0.15) is 6.54 Å². The van der Waals surface area contributed by atoms with Crippen LogP contribution < -0.4 is 5.73 Å². The molecule has 0 fully saturated rings. The molecule has 144 valence electrons. The Labute approximate surface area is 164 Å². The molecule has 1 aliphatic rings. The zero-order chi connectivity index (χ0) is 19.8. The molecular weight excluding hydrogens is 350 g/mol. The summed E-state index contributed by atoms with van der Waals surface area (Å²) in [4.78, 5) is 26.7. The summed E-state index contributed by atoms with van der Waals surface area (Å²) < 4.78 is 1.83. The van der Waals surface area contributed by atoms with Gasteiger partial charge in [0.15, 0.2) is 0 Å². The summed E-state index contributed by atoms with van der Waals surface area (Å²) in [6.07, 6.45) is 2.58. The molecule has 2 aromatic carbocycles. The van der Waals surface area contributed by atoms with Crippen molar-refractivity contribution in [3.05, 3.63) is 70.9 Å². The lowest BCUT2D eigenvalue weighted by Gasteiger charge is -2.31. The van der Waals surface area contributed by atoms with Crippen LogP contribution >= 0.6 is 0 Å². The van der Waals surface area contributed by atoms with Crippen molar-refractivity contribution in [1.82, 2.24) is 9.47 Å². The molecule has 1 aliphatic heterocycles.